The average Bonchev–Trinajstić information content (AvgIpc) is 3.94. The molecular weight excluding hydrogens is 986 g/mol. The minimum absolute atomic E-state index is 0.0795. The first-order chi connectivity index (χ1) is 31.2. The molecule has 66 heavy (non-hydrogen) atoms. The lowest BCUT2D eigenvalue weighted by atomic mass is 9.80. The van der Waals surface area contributed by atoms with Crippen LogP contribution in [0.2, 0.25) is 10.0 Å². The van der Waals surface area contributed by atoms with Crippen molar-refractivity contribution in [3.8, 4) is 45.3 Å². The highest BCUT2D eigenvalue weighted by molar-refractivity contribution is 9.10. The van der Waals surface area contributed by atoms with Crippen LogP contribution in [0.1, 0.15) is 34.8 Å². The summed E-state index contributed by atoms with van der Waals surface area (Å²) in [6.45, 7) is 2.98. The molecule has 0 spiro atoms. The van der Waals surface area contributed by atoms with Gasteiger partial charge in [-0.3, -0.25) is 18.7 Å². The first kappa shape index (κ1) is 49.5. The lowest BCUT2D eigenvalue weighted by molar-refractivity contribution is 0.100. The highest BCUT2D eigenvalue weighted by Gasteiger charge is 2.19. The second kappa shape index (κ2) is 21.1. The van der Waals surface area contributed by atoms with Crippen LogP contribution in [0.5, 0.6) is 0 Å². The Hall–Kier alpha value is -5.98. The highest BCUT2D eigenvalue weighted by atomic mass is 79.9. The monoisotopic (exact) mass is 1020 g/mol. The summed E-state index contributed by atoms with van der Waals surface area (Å²) < 4.78 is 50.5. The van der Waals surface area contributed by atoms with Crippen molar-refractivity contribution < 1.29 is 36.5 Å². The second-order valence-electron chi connectivity index (χ2n) is 14.8. The number of carbonyl (C=O) groups is 2. The summed E-state index contributed by atoms with van der Waals surface area (Å²) in [4.78, 5) is 33.0. The number of rotatable bonds is 10. The third kappa shape index (κ3) is 12.3. The van der Waals surface area contributed by atoms with Crippen molar-refractivity contribution in [2.45, 2.75) is 23.6 Å². The van der Waals surface area contributed by atoms with E-state index in [0.29, 0.717) is 33.1 Å². The standard InChI is InChI=1S/C24H19ClN2O3S.C17H12BrClN2O.C7H9BO4S/c1-16(28)23-15-27(24(26-23)21-8-3-4-9-22(21)25)19-12-10-17(11-13-19)18-6-5-7-20(14-18)31(2,29)30;1-11(22)16-10-21(13-8-6-12(18)7-9-13)17(20-16)14-4-2-3-5-15(14)19;1-13(11,12)7-4-2-3-6(5-7)8(9)10/h3-15H,1-2H3;2-10H,1H3;2-5,9-10H,1H3. The Bertz CT molecular complexity index is 3290. The Labute approximate surface area is 401 Å². The van der Waals surface area contributed by atoms with Crippen LogP contribution < -0.4 is 5.46 Å². The van der Waals surface area contributed by atoms with E-state index in [1.165, 1.54) is 44.4 Å². The van der Waals surface area contributed by atoms with E-state index in [0.717, 1.165) is 44.4 Å². The molecule has 0 saturated carbocycles. The van der Waals surface area contributed by atoms with E-state index in [4.69, 9.17) is 33.2 Å². The molecule has 0 aliphatic carbocycles. The maximum atomic E-state index is 12.0. The van der Waals surface area contributed by atoms with Crippen LogP contribution in [-0.4, -0.2) is 77.2 Å². The molecule has 8 rings (SSSR count). The van der Waals surface area contributed by atoms with E-state index in [9.17, 15) is 26.4 Å². The molecular formula is C48H40BBrCl2N4O8S2. The fourth-order valence-corrected chi connectivity index (χ4v) is 8.43. The van der Waals surface area contributed by atoms with Crippen molar-refractivity contribution in [1.29, 1.82) is 0 Å². The topological polar surface area (TPSA) is 179 Å². The first-order valence-electron chi connectivity index (χ1n) is 19.7. The Morgan fingerprint density at radius 3 is 1.41 bits per heavy atom. The zero-order valence-electron chi connectivity index (χ0n) is 35.7. The third-order valence-corrected chi connectivity index (χ3v) is 13.2. The molecule has 0 aliphatic heterocycles. The van der Waals surface area contributed by atoms with Crippen molar-refractivity contribution in [3.05, 3.63) is 184 Å². The SMILES string of the molecule is CC(=O)c1cn(-c2ccc(-c3cccc(S(C)(=O)=O)c3)cc2)c(-c2ccccc2Cl)n1.CC(=O)c1cn(-c2ccc(Br)cc2)c(-c2ccccc2Cl)n1.CS(=O)(=O)c1cccc(B(O)O)c1. The minimum Gasteiger partial charge on any atom is -0.423 e. The molecule has 336 valence electrons. The Kier molecular flexibility index (Phi) is 15.8. The molecule has 6 aromatic carbocycles. The van der Waals surface area contributed by atoms with Gasteiger partial charge in [0.15, 0.2) is 31.2 Å². The van der Waals surface area contributed by atoms with Gasteiger partial charge in [0.1, 0.15) is 23.0 Å². The van der Waals surface area contributed by atoms with E-state index in [1.54, 1.807) is 36.7 Å². The fraction of sp³-hybridized carbons (Fsp3) is 0.0833. The summed E-state index contributed by atoms with van der Waals surface area (Å²) in [6.07, 6.45) is 5.69. The molecule has 18 heteroatoms. The van der Waals surface area contributed by atoms with Gasteiger partial charge in [-0.25, -0.2) is 26.8 Å². The van der Waals surface area contributed by atoms with Gasteiger partial charge in [-0.2, -0.15) is 0 Å². The molecule has 0 radical (unpaired) electrons. The summed E-state index contributed by atoms with van der Waals surface area (Å²) >= 11 is 16.1. The maximum Gasteiger partial charge on any atom is 0.488 e. The van der Waals surface area contributed by atoms with Gasteiger partial charge in [-0.05, 0) is 102 Å². The normalized spacial score (nSPS) is 11.2. The first-order valence-corrected chi connectivity index (χ1v) is 25.1. The van der Waals surface area contributed by atoms with Crippen LogP contribution >= 0.6 is 39.1 Å². The molecule has 0 fully saturated rings. The van der Waals surface area contributed by atoms with E-state index >= 15 is 0 Å². The number of hydrogen-bond donors (Lipinski definition) is 2. The maximum absolute atomic E-state index is 12.0. The number of sulfone groups is 2. The molecule has 0 saturated heterocycles. The Balaban J connectivity index is 0.000000179. The largest absolute Gasteiger partial charge is 0.488 e. The van der Waals surface area contributed by atoms with Gasteiger partial charge in [0.25, 0.3) is 0 Å². The number of halogens is 3. The summed E-state index contributed by atoms with van der Waals surface area (Å²) in [6, 6.07) is 42.6. The fourth-order valence-electron chi connectivity index (χ4n) is 6.39. The van der Waals surface area contributed by atoms with E-state index in [2.05, 4.69) is 25.9 Å². The van der Waals surface area contributed by atoms with E-state index in [-0.39, 0.29) is 26.8 Å². The predicted molar refractivity (Wildman–Crippen MR) is 264 cm³/mol. The van der Waals surface area contributed by atoms with Crippen LogP contribution in [0.3, 0.4) is 0 Å². The van der Waals surface area contributed by atoms with Gasteiger partial charge in [-0.1, -0.05) is 99.8 Å². The molecule has 0 aliphatic rings. The number of imidazole rings is 2. The van der Waals surface area contributed by atoms with Crippen molar-refractivity contribution in [2.75, 3.05) is 12.5 Å². The summed E-state index contributed by atoms with van der Waals surface area (Å²) in [7, 11) is -8.21. The number of hydrogen-bond acceptors (Lipinski definition) is 10. The van der Waals surface area contributed by atoms with E-state index in [1.807, 2.05) is 106 Å². The van der Waals surface area contributed by atoms with Crippen LogP contribution in [0.4, 0.5) is 0 Å². The number of aromatic nitrogens is 4. The number of ketones is 2. The van der Waals surface area contributed by atoms with Crippen LogP contribution in [0, 0.1) is 0 Å². The lowest BCUT2D eigenvalue weighted by Crippen LogP contribution is -2.30. The molecule has 2 aromatic heterocycles. The van der Waals surface area contributed by atoms with E-state index < -0.39 is 26.8 Å². The average molecular weight is 1030 g/mol. The molecule has 0 bridgehead atoms. The molecule has 2 N–H and O–H groups in total. The minimum atomic E-state index is -3.29. The Morgan fingerprint density at radius 2 is 0.985 bits per heavy atom. The predicted octanol–water partition coefficient (Wildman–Crippen LogP) is 9.39. The van der Waals surface area contributed by atoms with Crippen molar-refractivity contribution in [3.63, 3.8) is 0 Å². The van der Waals surface area contributed by atoms with Crippen molar-refractivity contribution >= 4 is 83.0 Å². The highest BCUT2D eigenvalue weighted by Crippen LogP contribution is 2.32. The second-order valence-corrected chi connectivity index (χ2v) is 20.5. The smallest absolute Gasteiger partial charge is 0.423 e. The number of Topliss-reactive ketones (excluding diaryl/α,β-unsaturated/α-hetero) is 2. The van der Waals surface area contributed by atoms with Crippen LogP contribution in [-0.2, 0) is 19.7 Å². The Morgan fingerprint density at radius 1 is 0.561 bits per heavy atom. The summed E-state index contributed by atoms with van der Waals surface area (Å²) in [5.41, 5.74) is 5.84. The van der Waals surface area contributed by atoms with Crippen molar-refractivity contribution in [2.24, 2.45) is 0 Å². The van der Waals surface area contributed by atoms with Gasteiger partial charge in [-0.15, -0.1) is 0 Å². The van der Waals surface area contributed by atoms with Gasteiger partial charge in [0, 0.05) is 65.7 Å². The van der Waals surface area contributed by atoms with Gasteiger partial charge < -0.3 is 10.0 Å². The summed E-state index contributed by atoms with van der Waals surface area (Å²) in [5.74, 6) is 1.01. The van der Waals surface area contributed by atoms with Crippen LogP contribution in [0.15, 0.2) is 172 Å². The van der Waals surface area contributed by atoms with Crippen LogP contribution in [0.25, 0.3) is 45.3 Å². The quantitative estimate of drug-likeness (QED) is 0.0991. The molecule has 8 aromatic rings. The van der Waals surface area contributed by atoms with Gasteiger partial charge in [0.05, 0.1) is 19.8 Å². The third-order valence-electron chi connectivity index (χ3n) is 9.79. The van der Waals surface area contributed by atoms with Gasteiger partial charge in [0.2, 0.25) is 0 Å². The number of nitrogens with zero attached hydrogens (tertiary/aromatic N) is 4. The zero-order chi connectivity index (χ0) is 47.9. The van der Waals surface area contributed by atoms with Gasteiger partial charge >= 0.3 is 7.12 Å². The molecule has 2 heterocycles. The lowest BCUT2D eigenvalue weighted by Gasteiger charge is -2.10. The molecule has 0 unspecified atom stereocenters. The number of carbonyl (C=O) groups excluding carboxylic acids is 2. The number of benzene rings is 6. The molecule has 0 atom stereocenters. The zero-order valence-corrected chi connectivity index (χ0v) is 40.4. The van der Waals surface area contributed by atoms with Crippen molar-refractivity contribution in [1.82, 2.24) is 19.1 Å². The molecule has 12 nitrogen and oxygen atoms in total. The molecule has 0 amide bonds. The summed E-state index contributed by atoms with van der Waals surface area (Å²) in [5, 5.41) is 18.7.